The van der Waals surface area contributed by atoms with Crippen molar-refractivity contribution in [3.63, 3.8) is 0 Å². The first-order valence-electron chi connectivity index (χ1n) is 6.11. The minimum absolute atomic E-state index is 0.195. The van der Waals surface area contributed by atoms with Gasteiger partial charge in [-0.1, -0.05) is 6.07 Å². The Kier molecular flexibility index (Phi) is 4.23. The number of carbonyl (C=O) groups is 1. The molecule has 0 unspecified atom stereocenters. The summed E-state index contributed by atoms with van der Waals surface area (Å²) in [6, 6.07) is 10.0. The molecule has 3 nitrogen and oxygen atoms in total. The van der Waals surface area contributed by atoms with Crippen LogP contribution in [0.2, 0.25) is 0 Å². The third-order valence-electron chi connectivity index (χ3n) is 2.81. The van der Waals surface area contributed by atoms with Crippen LogP contribution in [0, 0.1) is 12.7 Å². The molecule has 1 aromatic heterocycles. The molecular weight excluding hydrogens is 243 g/mol. The molecule has 0 aliphatic carbocycles. The minimum Gasteiger partial charge on any atom is -0.352 e. The molecule has 0 saturated carbocycles. The van der Waals surface area contributed by atoms with Crippen molar-refractivity contribution in [3.05, 3.63) is 65.2 Å². The average molecular weight is 258 g/mol. The van der Waals surface area contributed by atoms with Gasteiger partial charge < -0.3 is 5.32 Å². The first-order valence-corrected chi connectivity index (χ1v) is 6.11. The van der Waals surface area contributed by atoms with Crippen molar-refractivity contribution in [2.45, 2.75) is 13.3 Å². The largest absolute Gasteiger partial charge is 0.352 e. The van der Waals surface area contributed by atoms with Crippen molar-refractivity contribution in [2.75, 3.05) is 6.54 Å². The van der Waals surface area contributed by atoms with Crippen LogP contribution in [0.1, 0.15) is 21.6 Å². The molecular formula is C15H15FN2O. The molecule has 0 radical (unpaired) electrons. The van der Waals surface area contributed by atoms with E-state index in [0.29, 0.717) is 24.1 Å². The van der Waals surface area contributed by atoms with Crippen molar-refractivity contribution < 1.29 is 9.18 Å². The molecule has 1 aromatic carbocycles. The lowest BCUT2D eigenvalue weighted by molar-refractivity contribution is 0.0954. The van der Waals surface area contributed by atoms with E-state index in [1.807, 2.05) is 18.2 Å². The van der Waals surface area contributed by atoms with Crippen LogP contribution in [0.5, 0.6) is 0 Å². The number of nitrogens with one attached hydrogen (secondary N) is 1. The molecule has 98 valence electrons. The van der Waals surface area contributed by atoms with Gasteiger partial charge in [-0.2, -0.15) is 0 Å². The van der Waals surface area contributed by atoms with Crippen molar-refractivity contribution in [1.82, 2.24) is 10.3 Å². The Morgan fingerprint density at radius 1 is 1.32 bits per heavy atom. The van der Waals surface area contributed by atoms with Crippen LogP contribution >= 0.6 is 0 Å². The lowest BCUT2D eigenvalue weighted by atomic mass is 10.1. The van der Waals surface area contributed by atoms with Gasteiger partial charge in [0.05, 0.1) is 0 Å². The molecule has 19 heavy (non-hydrogen) atoms. The number of nitrogens with zero attached hydrogens (tertiary/aromatic N) is 1. The zero-order chi connectivity index (χ0) is 13.7. The molecule has 4 heteroatoms. The number of halogens is 1. The van der Waals surface area contributed by atoms with E-state index >= 15 is 0 Å². The van der Waals surface area contributed by atoms with E-state index in [2.05, 4.69) is 10.3 Å². The van der Waals surface area contributed by atoms with Gasteiger partial charge in [0.15, 0.2) is 0 Å². The number of aromatic nitrogens is 1. The number of aryl methyl sites for hydroxylation is 1. The van der Waals surface area contributed by atoms with E-state index in [1.54, 1.807) is 19.2 Å². The van der Waals surface area contributed by atoms with Crippen molar-refractivity contribution >= 4 is 5.91 Å². The van der Waals surface area contributed by atoms with E-state index in [0.717, 1.165) is 5.69 Å². The van der Waals surface area contributed by atoms with Crippen LogP contribution in [0.15, 0.2) is 42.6 Å². The fraction of sp³-hybridized carbons (Fsp3) is 0.200. The number of amides is 1. The van der Waals surface area contributed by atoms with Crippen LogP contribution in [-0.4, -0.2) is 17.4 Å². The van der Waals surface area contributed by atoms with Gasteiger partial charge in [0.1, 0.15) is 5.82 Å². The van der Waals surface area contributed by atoms with E-state index in [-0.39, 0.29) is 11.7 Å². The number of hydrogen-bond acceptors (Lipinski definition) is 2. The second-order valence-corrected chi connectivity index (χ2v) is 4.29. The topological polar surface area (TPSA) is 42.0 Å². The number of hydrogen-bond donors (Lipinski definition) is 1. The zero-order valence-corrected chi connectivity index (χ0v) is 10.7. The van der Waals surface area contributed by atoms with Crippen LogP contribution < -0.4 is 5.32 Å². The summed E-state index contributed by atoms with van der Waals surface area (Å²) in [7, 11) is 0. The van der Waals surface area contributed by atoms with Gasteiger partial charge >= 0.3 is 0 Å². The standard InChI is InChI=1S/C15H15FN2O/c1-11-10-12(5-6-14(11)16)15(19)18-9-7-13-4-2-3-8-17-13/h2-6,8,10H,7,9H2,1H3,(H,18,19). The number of benzene rings is 1. The lowest BCUT2D eigenvalue weighted by Gasteiger charge is -2.06. The highest BCUT2D eigenvalue weighted by atomic mass is 19.1. The summed E-state index contributed by atoms with van der Waals surface area (Å²) in [5.74, 6) is -0.496. The van der Waals surface area contributed by atoms with Gasteiger partial charge in [-0.3, -0.25) is 9.78 Å². The summed E-state index contributed by atoms with van der Waals surface area (Å²) in [4.78, 5) is 16.0. The number of pyridine rings is 1. The van der Waals surface area contributed by atoms with Gasteiger partial charge in [0.2, 0.25) is 0 Å². The molecule has 0 spiro atoms. The van der Waals surface area contributed by atoms with Crippen LogP contribution in [0.25, 0.3) is 0 Å². The molecule has 1 heterocycles. The van der Waals surface area contributed by atoms with Gasteiger partial charge in [-0.05, 0) is 42.8 Å². The minimum atomic E-state index is -0.301. The van der Waals surface area contributed by atoms with Crippen molar-refractivity contribution in [1.29, 1.82) is 0 Å². The molecule has 0 bridgehead atoms. The molecule has 1 amide bonds. The predicted molar refractivity (Wildman–Crippen MR) is 71.4 cm³/mol. The number of rotatable bonds is 4. The van der Waals surface area contributed by atoms with Gasteiger partial charge in [-0.15, -0.1) is 0 Å². The molecule has 0 saturated heterocycles. The highest BCUT2D eigenvalue weighted by Crippen LogP contribution is 2.09. The first-order chi connectivity index (χ1) is 9.16. The summed E-state index contributed by atoms with van der Waals surface area (Å²) in [6.45, 7) is 2.15. The SMILES string of the molecule is Cc1cc(C(=O)NCCc2ccccn2)ccc1F. The third kappa shape index (κ3) is 3.61. The normalized spacial score (nSPS) is 10.2. The summed E-state index contributed by atoms with van der Waals surface area (Å²) in [6.07, 6.45) is 2.40. The fourth-order valence-corrected chi connectivity index (χ4v) is 1.74. The molecule has 0 atom stereocenters. The molecule has 1 N–H and O–H groups in total. The van der Waals surface area contributed by atoms with E-state index in [1.165, 1.54) is 12.1 Å². The Morgan fingerprint density at radius 2 is 2.16 bits per heavy atom. The highest BCUT2D eigenvalue weighted by Gasteiger charge is 2.07. The maximum atomic E-state index is 13.1. The molecule has 2 rings (SSSR count). The Bertz CT molecular complexity index is 570. The number of carbonyl (C=O) groups excluding carboxylic acids is 1. The Hall–Kier alpha value is -2.23. The second kappa shape index (κ2) is 6.09. The highest BCUT2D eigenvalue weighted by molar-refractivity contribution is 5.94. The zero-order valence-electron chi connectivity index (χ0n) is 10.7. The van der Waals surface area contributed by atoms with E-state index < -0.39 is 0 Å². The van der Waals surface area contributed by atoms with Crippen LogP contribution in [-0.2, 0) is 6.42 Å². The fourth-order valence-electron chi connectivity index (χ4n) is 1.74. The monoisotopic (exact) mass is 258 g/mol. The molecule has 2 aromatic rings. The van der Waals surface area contributed by atoms with E-state index in [9.17, 15) is 9.18 Å². The third-order valence-corrected chi connectivity index (χ3v) is 2.81. The van der Waals surface area contributed by atoms with Crippen molar-refractivity contribution in [2.24, 2.45) is 0 Å². The van der Waals surface area contributed by atoms with Gasteiger partial charge in [0.25, 0.3) is 5.91 Å². The van der Waals surface area contributed by atoms with Crippen molar-refractivity contribution in [3.8, 4) is 0 Å². The Labute approximate surface area is 111 Å². The maximum Gasteiger partial charge on any atom is 0.251 e. The Balaban J connectivity index is 1.89. The second-order valence-electron chi connectivity index (χ2n) is 4.29. The quantitative estimate of drug-likeness (QED) is 0.915. The molecule has 0 aliphatic heterocycles. The lowest BCUT2D eigenvalue weighted by Crippen LogP contribution is -2.26. The Morgan fingerprint density at radius 3 is 2.84 bits per heavy atom. The molecule has 0 aliphatic rings. The summed E-state index contributed by atoms with van der Waals surface area (Å²) < 4.78 is 13.1. The smallest absolute Gasteiger partial charge is 0.251 e. The summed E-state index contributed by atoms with van der Waals surface area (Å²) in [5.41, 5.74) is 1.87. The average Bonchev–Trinajstić information content (AvgIpc) is 2.43. The van der Waals surface area contributed by atoms with Crippen LogP contribution in [0.4, 0.5) is 4.39 Å². The molecule has 0 fully saturated rings. The van der Waals surface area contributed by atoms with Gasteiger partial charge in [-0.25, -0.2) is 4.39 Å². The maximum absolute atomic E-state index is 13.1. The summed E-state index contributed by atoms with van der Waals surface area (Å²) in [5, 5.41) is 2.79. The van der Waals surface area contributed by atoms with Crippen LogP contribution in [0.3, 0.4) is 0 Å². The first kappa shape index (κ1) is 13.2. The predicted octanol–water partition coefficient (Wildman–Crippen LogP) is 2.50. The van der Waals surface area contributed by atoms with E-state index in [4.69, 9.17) is 0 Å². The summed E-state index contributed by atoms with van der Waals surface area (Å²) >= 11 is 0. The van der Waals surface area contributed by atoms with Gasteiger partial charge in [0, 0.05) is 30.4 Å².